The van der Waals surface area contributed by atoms with Crippen LogP contribution in [0, 0.1) is 0 Å². The van der Waals surface area contributed by atoms with Crippen molar-refractivity contribution in [2.45, 2.75) is 6.92 Å². The van der Waals surface area contributed by atoms with Gasteiger partial charge in [0, 0.05) is 32.2 Å². The number of hydrogen-bond donors (Lipinski definition) is 1. The number of ether oxygens (including phenoxy) is 1. The van der Waals surface area contributed by atoms with Crippen LogP contribution in [0.1, 0.15) is 27.6 Å². The Kier molecular flexibility index (Phi) is 5.24. The van der Waals surface area contributed by atoms with Crippen molar-refractivity contribution in [3.05, 3.63) is 47.8 Å². The van der Waals surface area contributed by atoms with Crippen molar-refractivity contribution in [3.63, 3.8) is 0 Å². The topological polar surface area (TPSA) is 84.4 Å². The largest absolute Gasteiger partial charge is 0.462 e. The Bertz CT molecular complexity index is 699. The van der Waals surface area contributed by atoms with Crippen molar-refractivity contribution < 1.29 is 14.3 Å². The maximum atomic E-state index is 12.2. The summed E-state index contributed by atoms with van der Waals surface area (Å²) in [6.45, 7) is 2.03. The molecular formula is C16H18N4O3. The summed E-state index contributed by atoms with van der Waals surface area (Å²) in [5.41, 5.74) is 1.21. The molecule has 0 radical (unpaired) electrons. The van der Waals surface area contributed by atoms with E-state index in [1.54, 1.807) is 36.1 Å². The predicted octanol–water partition coefficient (Wildman–Crippen LogP) is 1.97. The number of hydrogen-bond acceptors (Lipinski definition) is 6. The van der Waals surface area contributed by atoms with Crippen LogP contribution >= 0.6 is 0 Å². The molecule has 0 aliphatic rings. The summed E-state index contributed by atoms with van der Waals surface area (Å²) >= 11 is 0. The molecule has 7 nitrogen and oxygen atoms in total. The summed E-state index contributed by atoms with van der Waals surface area (Å²) in [5.74, 6) is -0.260. The summed E-state index contributed by atoms with van der Waals surface area (Å²) in [6, 6.07) is 6.55. The molecule has 0 saturated heterocycles. The zero-order valence-corrected chi connectivity index (χ0v) is 13.2. The molecular weight excluding hydrogens is 296 g/mol. The van der Waals surface area contributed by atoms with Gasteiger partial charge in [0.15, 0.2) is 0 Å². The second-order valence-electron chi connectivity index (χ2n) is 4.92. The number of carbonyl (C=O) groups is 2. The Morgan fingerprint density at radius 2 is 1.87 bits per heavy atom. The molecule has 23 heavy (non-hydrogen) atoms. The lowest BCUT2D eigenvalue weighted by Crippen LogP contribution is -2.16. The molecule has 1 aromatic heterocycles. The molecule has 1 heterocycles. The monoisotopic (exact) mass is 314 g/mol. The number of esters is 1. The zero-order valence-electron chi connectivity index (χ0n) is 13.2. The maximum absolute atomic E-state index is 12.2. The molecule has 0 bridgehead atoms. The highest BCUT2D eigenvalue weighted by atomic mass is 16.5. The predicted molar refractivity (Wildman–Crippen MR) is 86.7 cm³/mol. The summed E-state index contributed by atoms with van der Waals surface area (Å²) in [4.78, 5) is 33.8. The smallest absolute Gasteiger partial charge is 0.338 e. The normalized spacial score (nSPS) is 10.0. The molecule has 120 valence electrons. The Labute approximate surface area is 134 Å². The fourth-order valence-electron chi connectivity index (χ4n) is 1.81. The van der Waals surface area contributed by atoms with Crippen LogP contribution in [-0.4, -0.2) is 42.5 Å². The molecule has 0 aliphatic heterocycles. The maximum Gasteiger partial charge on any atom is 0.338 e. The SMILES string of the molecule is CCOC(=O)c1cccc(NC(=O)c2cnc(N(C)C)nc2)c1. The Balaban J connectivity index is 2.10. The first-order valence-electron chi connectivity index (χ1n) is 7.09. The highest BCUT2D eigenvalue weighted by molar-refractivity contribution is 6.04. The summed E-state index contributed by atoms with van der Waals surface area (Å²) in [5, 5.41) is 2.70. The highest BCUT2D eigenvalue weighted by Crippen LogP contribution is 2.13. The average molecular weight is 314 g/mol. The Hall–Kier alpha value is -2.96. The molecule has 7 heteroatoms. The van der Waals surface area contributed by atoms with Gasteiger partial charge in [-0.15, -0.1) is 0 Å². The van der Waals surface area contributed by atoms with Gasteiger partial charge in [-0.25, -0.2) is 14.8 Å². The standard InChI is InChI=1S/C16H18N4O3/c1-4-23-15(22)11-6-5-7-13(8-11)19-14(21)12-9-17-16(18-10-12)20(2)3/h5-10H,4H2,1-3H3,(H,19,21). The number of amides is 1. The van der Waals surface area contributed by atoms with Crippen LogP contribution < -0.4 is 10.2 Å². The van der Waals surface area contributed by atoms with Gasteiger partial charge in [-0.05, 0) is 25.1 Å². The van der Waals surface area contributed by atoms with Gasteiger partial charge in [-0.3, -0.25) is 4.79 Å². The van der Waals surface area contributed by atoms with Gasteiger partial charge in [-0.2, -0.15) is 0 Å². The van der Waals surface area contributed by atoms with Crippen LogP contribution in [0.15, 0.2) is 36.7 Å². The second kappa shape index (κ2) is 7.35. The van der Waals surface area contributed by atoms with Crippen molar-refractivity contribution >= 4 is 23.5 Å². The van der Waals surface area contributed by atoms with E-state index < -0.39 is 5.97 Å². The minimum Gasteiger partial charge on any atom is -0.462 e. The van der Waals surface area contributed by atoms with Crippen LogP contribution in [0.4, 0.5) is 11.6 Å². The van der Waals surface area contributed by atoms with Gasteiger partial charge >= 0.3 is 5.97 Å². The van der Waals surface area contributed by atoms with Gasteiger partial charge in [0.05, 0.1) is 17.7 Å². The summed E-state index contributed by atoms with van der Waals surface area (Å²) in [6.07, 6.45) is 2.90. The lowest BCUT2D eigenvalue weighted by Gasteiger charge is -2.10. The van der Waals surface area contributed by atoms with Gasteiger partial charge in [0.25, 0.3) is 5.91 Å². The van der Waals surface area contributed by atoms with Crippen LogP contribution in [0.5, 0.6) is 0 Å². The van der Waals surface area contributed by atoms with E-state index in [2.05, 4.69) is 15.3 Å². The molecule has 0 unspecified atom stereocenters. The molecule has 1 N–H and O–H groups in total. The minimum absolute atomic E-state index is 0.297. The first-order chi connectivity index (χ1) is 11.0. The molecule has 2 aromatic rings. The van der Waals surface area contributed by atoms with Crippen molar-refractivity contribution in [2.75, 3.05) is 30.9 Å². The first kappa shape index (κ1) is 16.4. The number of anilines is 2. The van der Waals surface area contributed by atoms with E-state index in [1.165, 1.54) is 12.4 Å². The van der Waals surface area contributed by atoms with E-state index in [0.29, 0.717) is 29.4 Å². The van der Waals surface area contributed by atoms with Crippen LogP contribution in [-0.2, 0) is 4.74 Å². The lowest BCUT2D eigenvalue weighted by atomic mass is 10.2. The van der Waals surface area contributed by atoms with Crippen molar-refractivity contribution in [1.29, 1.82) is 0 Å². The van der Waals surface area contributed by atoms with Crippen LogP contribution in [0.2, 0.25) is 0 Å². The van der Waals surface area contributed by atoms with Crippen LogP contribution in [0.25, 0.3) is 0 Å². The third-order valence-electron chi connectivity index (χ3n) is 2.93. The zero-order chi connectivity index (χ0) is 16.8. The highest BCUT2D eigenvalue weighted by Gasteiger charge is 2.11. The van der Waals surface area contributed by atoms with E-state index in [-0.39, 0.29) is 5.91 Å². The molecule has 2 rings (SSSR count). The van der Waals surface area contributed by atoms with Gasteiger partial charge in [0.1, 0.15) is 0 Å². The van der Waals surface area contributed by atoms with E-state index in [1.807, 2.05) is 14.1 Å². The summed E-state index contributed by atoms with van der Waals surface area (Å²) in [7, 11) is 3.63. The number of nitrogens with zero attached hydrogens (tertiary/aromatic N) is 3. The Morgan fingerprint density at radius 3 is 2.48 bits per heavy atom. The van der Waals surface area contributed by atoms with Gasteiger partial charge in [0.2, 0.25) is 5.95 Å². The van der Waals surface area contributed by atoms with Crippen molar-refractivity contribution in [2.24, 2.45) is 0 Å². The molecule has 0 atom stereocenters. The molecule has 0 aliphatic carbocycles. The van der Waals surface area contributed by atoms with E-state index >= 15 is 0 Å². The molecule has 1 aromatic carbocycles. The number of aromatic nitrogens is 2. The Morgan fingerprint density at radius 1 is 1.17 bits per heavy atom. The second-order valence-corrected chi connectivity index (χ2v) is 4.92. The van der Waals surface area contributed by atoms with Crippen molar-refractivity contribution in [1.82, 2.24) is 9.97 Å². The minimum atomic E-state index is -0.428. The van der Waals surface area contributed by atoms with Gasteiger partial charge in [-0.1, -0.05) is 6.07 Å². The lowest BCUT2D eigenvalue weighted by molar-refractivity contribution is 0.0526. The number of carbonyl (C=O) groups excluding carboxylic acids is 2. The average Bonchev–Trinajstić information content (AvgIpc) is 2.55. The first-order valence-corrected chi connectivity index (χ1v) is 7.09. The third kappa shape index (κ3) is 4.26. The quantitative estimate of drug-likeness (QED) is 0.849. The van der Waals surface area contributed by atoms with Crippen LogP contribution in [0.3, 0.4) is 0 Å². The third-order valence-corrected chi connectivity index (χ3v) is 2.93. The molecule has 0 fully saturated rings. The van der Waals surface area contributed by atoms with E-state index in [0.717, 1.165) is 0 Å². The summed E-state index contributed by atoms with van der Waals surface area (Å²) < 4.78 is 4.93. The van der Waals surface area contributed by atoms with Crippen molar-refractivity contribution in [3.8, 4) is 0 Å². The number of nitrogens with one attached hydrogen (secondary N) is 1. The molecule has 0 saturated carbocycles. The fraction of sp³-hybridized carbons (Fsp3) is 0.250. The van der Waals surface area contributed by atoms with Gasteiger partial charge < -0.3 is 15.0 Å². The number of benzene rings is 1. The van der Waals surface area contributed by atoms with E-state index in [9.17, 15) is 9.59 Å². The fourth-order valence-corrected chi connectivity index (χ4v) is 1.81. The van der Waals surface area contributed by atoms with E-state index in [4.69, 9.17) is 4.74 Å². The number of rotatable bonds is 5. The molecule has 1 amide bonds. The molecule has 0 spiro atoms.